The van der Waals surface area contributed by atoms with Crippen LogP contribution in [0.3, 0.4) is 0 Å². The summed E-state index contributed by atoms with van der Waals surface area (Å²) in [4.78, 5) is 22.3. The smallest absolute Gasteiger partial charge is 0.374 e. The fraction of sp³-hybridized carbons (Fsp3) is 0.222. The second-order valence-electron chi connectivity index (χ2n) is 3.00. The van der Waals surface area contributed by atoms with Gasteiger partial charge in [-0.05, 0) is 28.9 Å². The molecule has 0 unspecified atom stereocenters. The highest BCUT2D eigenvalue weighted by Gasteiger charge is 2.12. The number of hydrogen-bond donors (Lipinski definition) is 1. The Labute approximate surface area is 94.0 Å². The predicted octanol–water partition coefficient (Wildman–Crippen LogP) is 1.82. The van der Waals surface area contributed by atoms with Crippen LogP contribution in [0, 0.1) is 6.92 Å². The molecule has 0 atom stereocenters. The number of ether oxygens (including phenoxy) is 1. The molecule has 0 aromatic carbocycles. The second-order valence-corrected chi connectivity index (χ2v) is 3.86. The molecule has 2 rings (SSSR count). The van der Waals surface area contributed by atoms with Gasteiger partial charge in [-0.3, -0.25) is 0 Å². The molecule has 0 saturated carbocycles. The molecule has 0 aliphatic carbocycles. The Morgan fingerprint density at radius 3 is 2.93 bits per heavy atom. The van der Waals surface area contributed by atoms with E-state index in [0.717, 1.165) is 10.2 Å². The van der Waals surface area contributed by atoms with E-state index in [9.17, 15) is 4.79 Å². The first-order valence-corrected chi connectivity index (χ1v) is 5.02. The van der Waals surface area contributed by atoms with Crippen molar-refractivity contribution in [2.24, 2.45) is 0 Å². The number of imidazole rings is 1. The largest absolute Gasteiger partial charge is 0.463 e. The topological polar surface area (TPSA) is 67.9 Å². The average Bonchev–Trinajstić information content (AvgIpc) is 2.60. The summed E-state index contributed by atoms with van der Waals surface area (Å²) in [5.41, 5.74) is 2.04. The fourth-order valence-corrected chi connectivity index (χ4v) is 1.52. The lowest BCUT2D eigenvalue weighted by molar-refractivity contribution is 0.0588. The molecule has 0 radical (unpaired) electrons. The third-order valence-electron chi connectivity index (χ3n) is 1.98. The molecule has 0 aliphatic heterocycles. The highest BCUT2D eigenvalue weighted by Crippen LogP contribution is 2.19. The normalized spacial score (nSPS) is 10.6. The minimum Gasteiger partial charge on any atom is -0.463 e. The lowest BCUT2D eigenvalue weighted by atomic mass is 10.3. The minimum absolute atomic E-state index is 0.164. The van der Waals surface area contributed by atoms with Crippen molar-refractivity contribution in [3.63, 3.8) is 0 Å². The van der Waals surface area contributed by atoms with E-state index in [1.54, 1.807) is 0 Å². The number of esters is 1. The van der Waals surface area contributed by atoms with Gasteiger partial charge in [0, 0.05) is 4.47 Å². The van der Waals surface area contributed by atoms with Gasteiger partial charge in [-0.25, -0.2) is 14.8 Å². The molecule has 0 saturated heterocycles. The number of fused-ring (bicyclic) bond motifs is 1. The number of aryl methyl sites for hydroxylation is 1. The van der Waals surface area contributed by atoms with Crippen molar-refractivity contribution < 1.29 is 9.53 Å². The third-order valence-corrected chi connectivity index (χ3v) is 2.78. The van der Waals surface area contributed by atoms with Crippen molar-refractivity contribution in [3.05, 3.63) is 22.1 Å². The van der Waals surface area contributed by atoms with Gasteiger partial charge in [0.05, 0.1) is 18.3 Å². The monoisotopic (exact) mass is 269 g/mol. The third kappa shape index (κ3) is 1.72. The lowest BCUT2D eigenvalue weighted by Gasteiger charge is -1.94. The van der Waals surface area contributed by atoms with Crippen LogP contribution in [0.15, 0.2) is 10.5 Å². The number of aromatic amines is 1. The van der Waals surface area contributed by atoms with Gasteiger partial charge in [-0.2, -0.15) is 0 Å². The summed E-state index contributed by atoms with van der Waals surface area (Å²) in [6.07, 6.45) is 0. The fourth-order valence-electron chi connectivity index (χ4n) is 1.20. The van der Waals surface area contributed by atoms with Crippen molar-refractivity contribution in [2.75, 3.05) is 7.11 Å². The molecule has 1 N–H and O–H groups in total. The van der Waals surface area contributed by atoms with Gasteiger partial charge in [-0.1, -0.05) is 0 Å². The molecule has 0 fully saturated rings. The number of hydrogen-bond acceptors (Lipinski definition) is 4. The van der Waals surface area contributed by atoms with Gasteiger partial charge in [0.15, 0.2) is 5.65 Å². The molecular weight excluding hydrogens is 262 g/mol. The van der Waals surface area contributed by atoms with Crippen LogP contribution in [0.25, 0.3) is 11.2 Å². The highest BCUT2D eigenvalue weighted by atomic mass is 79.9. The van der Waals surface area contributed by atoms with Gasteiger partial charge in [-0.15, -0.1) is 0 Å². The molecule has 0 amide bonds. The van der Waals surface area contributed by atoms with Crippen molar-refractivity contribution >= 4 is 33.1 Å². The van der Waals surface area contributed by atoms with Gasteiger partial charge in [0.1, 0.15) is 0 Å². The van der Waals surface area contributed by atoms with E-state index >= 15 is 0 Å². The number of pyridine rings is 1. The molecule has 6 heteroatoms. The summed E-state index contributed by atoms with van der Waals surface area (Å²) in [6, 6.07) is 1.83. The molecule has 0 spiro atoms. The van der Waals surface area contributed by atoms with E-state index in [1.165, 1.54) is 7.11 Å². The van der Waals surface area contributed by atoms with Crippen LogP contribution in [0.4, 0.5) is 0 Å². The van der Waals surface area contributed by atoms with E-state index in [-0.39, 0.29) is 5.82 Å². The predicted molar refractivity (Wildman–Crippen MR) is 57.7 cm³/mol. The standard InChI is InChI=1S/C9H8BrN3O2/c1-4-5(10)3-6-7(11-4)13-8(12-6)9(14)15-2/h3H,1-2H3,(H,11,12,13). The van der Waals surface area contributed by atoms with E-state index in [4.69, 9.17) is 0 Å². The molecule has 15 heavy (non-hydrogen) atoms. The first-order chi connectivity index (χ1) is 7.11. The Bertz CT molecular complexity index is 496. The van der Waals surface area contributed by atoms with E-state index in [0.29, 0.717) is 11.2 Å². The lowest BCUT2D eigenvalue weighted by Crippen LogP contribution is -2.02. The average molecular weight is 270 g/mol. The SMILES string of the molecule is COC(=O)c1nc2nc(C)c(Br)cc2[nH]1. The number of carbonyl (C=O) groups excluding carboxylic acids is 1. The zero-order valence-corrected chi connectivity index (χ0v) is 9.75. The first kappa shape index (κ1) is 10.1. The summed E-state index contributed by atoms with van der Waals surface area (Å²) >= 11 is 3.35. The van der Waals surface area contributed by atoms with Gasteiger partial charge in [0.25, 0.3) is 0 Å². The maximum Gasteiger partial charge on any atom is 0.374 e. The molecule has 78 valence electrons. The Hall–Kier alpha value is -1.43. The Kier molecular flexibility index (Phi) is 2.44. The zero-order chi connectivity index (χ0) is 11.0. The van der Waals surface area contributed by atoms with Crippen LogP contribution in [0.5, 0.6) is 0 Å². The van der Waals surface area contributed by atoms with Crippen LogP contribution in [-0.2, 0) is 4.74 Å². The molecular formula is C9H8BrN3O2. The van der Waals surface area contributed by atoms with Crippen LogP contribution in [-0.4, -0.2) is 28.0 Å². The Balaban J connectivity index is 2.61. The molecule has 0 bridgehead atoms. The Morgan fingerprint density at radius 1 is 1.53 bits per heavy atom. The number of nitrogens with zero attached hydrogens (tertiary/aromatic N) is 2. The maximum atomic E-state index is 11.2. The number of H-pyrrole nitrogens is 1. The molecule has 2 heterocycles. The quantitative estimate of drug-likeness (QED) is 0.802. The number of methoxy groups -OCH3 is 1. The highest BCUT2D eigenvalue weighted by molar-refractivity contribution is 9.10. The molecule has 2 aromatic rings. The van der Waals surface area contributed by atoms with Crippen LogP contribution < -0.4 is 0 Å². The number of carbonyl (C=O) groups is 1. The minimum atomic E-state index is -0.498. The summed E-state index contributed by atoms with van der Waals surface area (Å²) in [7, 11) is 1.31. The van der Waals surface area contributed by atoms with Gasteiger partial charge >= 0.3 is 5.97 Å². The van der Waals surface area contributed by atoms with Gasteiger partial charge in [0.2, 0.25) is 5.82 Å². The van der Waals surface area contributed by atoms with Crippen molar-refractivity contribution in [1.82, 2.24) is 15.0 Å². The number of rotatable bonds is 1. The summed E-state index contributed by atoms with van der Waals surface area (Å²) in [5.74, 6) is -0.334. The summed E-state index contributed by atoms with van der Waals surface area (Å²) < 4.78 is 5.42. The number of halogens is 1. The molecule has 2 aromatic heterocycles. The number of nitrogens with one attached hydrogen (secondary N) is 1. The van der Waals surface area contributed by atoms with Crippen LogP contribution in [0.2, 0.25) is 0 Å². The summed E-state index contributed by atoms with van der Waals surface area (Å²) in [6.45, 7) is 1.86. The van der Waals surface area contributed by atoms with E-state index in [2.05, 4.69) is 35.6 Å². The molecule has 0 aliphatic rings. The van der Waals surface area contributed by atoms with Crippen molar-refractivity contribution in [1.29, 1.82) is 0 Å². The zero-order valence-electron chi connectivity index (χ0n) is 8.17. The maximum absolute atomic E-state index is 11.2. The van der Waals surface area contributed by atoms with E-state index in [1.807, 2.05) is 13.0 Å². The van der Waals surface area contributed by atoms with Crippen LogP contribution >= 0.6 is 15.9 Å². The summed E-state index contributed by atoms with van der Waals surface area (Å²) in [5, 5.41) is 0. The van der Waals surface area contributed by atoms with Crippen molar-refractivity contribution in [2.45, 2.75) is 6.92 Å². The number of aromatic nitrogens is 3. The van der Waals surface area contributed by atoms with Crippen molar-refractivity contribution in [3.8, 4) is 0 Å². The second kappa shape index (κ2) is 3.62. The van der Waals surface area contributed by atoms with Crippen LogP contribution in [0.1, 0.15) is 16.3 Å². The van der Waals surface area contributed by atoms with E-state index < -0.39 is 5.97 Å². The first-order valence-electron chi connectivity index (χ1n) is 4.23. The van der Waals surface area contributed by atoms with Gasteiger partial charge < -0.3 is 9.72 Å². The Morgan fingerprint density at radius 2 is 2.27 bits per heavy atom. The molecule has 5 nitrogen and oxygen atoms in total.